The molecule has 1 N–H and O–H groups in total. The number of thioether (sulfide) groups is 1. The van der Waals surface area contributed by atoms with Crippen molar-refractivity contribution in [3.63, 3.8) is 0 Å². The van der Waals surface area contributed by atoms with Crippen LogP contribution in [0, 0.1) is 0 Å². The summed E-state index contributed by atoms with van der Waals surface area (Å²) in [4.78, 5) is 0. The lowest BCUT2D eigenvalue weighted by Crippen LogP contribution is -2.46. The SMILES string of the molecule is C1CNC(COC2CCOC3(CCSCC3)C2)C1. The molecular weight excluding hydrogens is 246 g/mol. The molecule has 4 heteroatoms. The van der Waals surface area contributed by atoms with Gasteiger partial charge in [0.05, 0.1) is 18.3 Å². The van der Waals surface area contributed by atoms with E-state index in [0.717, 1.165) is 26.1 Å². The van der Waals surface area contributed by atoms with Crippen LogP contribution in [0.2, 0.25) is 0 Å². The molecule has 0 bridgehead atoms. The predicted octanol–water partition coefficient (Wildman–Crippen LogP) is 2.20. The monoisotopic (exact) mass is 271 g/mol. The molecule has 2 unspecified atom stereocenters. The van der Waals surface area contributed by atoms with Gasteiger partial charge >= 0.3 is 0 Å². The molecule has 3 aliphatic rings. The van der Waals surface area contributed by atoms with Gasteiger partial charge in [-0.05, 0) is 50.2 Å². The molecule has 2 atom stereocenters. The van der Waals surface area contributed by atoms with E-state index in [0.29, 0.717) is 12.1 Å². The summed E-state index contributed by atoms with van der Waals surface area (Å²) in [6.07, 6.45) is 7.68. The van der Waals surface area contributed by atoms with E-state index in [4.69, 9.17) is 9.47 Å². The van der Waals surface area contributed by atoms with Crippen LogP contribution >= 0.6 is 11.8 Å². The van der Waals surface area contributed by atoms with Crippen LogP contribution in [0.5, 0.6) is 0 Å². The molecule has 3 saturated heterocycles. The summed E-state index contributed by atoms with van der Waals surface area (Å²) >= 11 is 2.07. The predicted molar refractivity (Wildman–Crippen MR) is 75.2 cm³/mol. The quantitative estimate of drug-likeness (QED) is 0.852. The van der Waals surface area contributed by atoms with Crippen molar-refractivity contribution in [2.45, 2.75) is 56.3 Å². The Hall–Kier alpha value is 0.230. The van der Waals surface area contributed by atoms with Gasteiger partial charge in [0.1, 0.15) is 0 Å². The second-order valence-corrected chi connectivity index (χ2v) is 7.11. The third kappa shape index (κ3) is 3.21. The summed E-state index contributed by atoms with van der Waals surface area (Å²) in [7, 11) is 0. The third-order valence-corrected chi connectivity index (χ3v) is 5.53. The van der Waals surface area contributed by atoms with Gasteiger partial charge in [-0.25, -0.2) is 0 Å². The summed E-state index contributed by atoms with van der Waals surface area (Å²) in [5.41, 5.74) is 0.164. The average Bonchev–Trinajstić information content (AvgIpc) is 2.91. The first-order valence-corrected chi connectivity index (χ1v) is 8.59. The number of hydrogen-bond acceptors (Lipinski definition) is 4. The van der Waals surface area contributed by atoms with Crippen LogP contribution in [0.15, 0.2) is 0 Å². The van der Waals surface area contributed by atoms with Gasteiger partial charge in [-0.2, -0.15) is 11.8 Å². The van der Waals surface area contributed by atoms with Crippen LogP contribution < -0.4 is 5.32 Å². The van der Waals surface area contributed by atoms with Crippen LogP contribution in [0.3, 0.4) is 0 Å². The van der Waals surface area contributed by atoms with E-state index in [-0.39, 0.29) is 5.60 Å². The molecular formula is C14H25NO2S. The zero-order valence-electron chi connectivity index (χ0n) is 11.2. The summed E-state index contributed by atoms with van der Waals surface area (Å²) in [6.45, 7) is 2.96. The highest BCUT2D eigenvalue weighted by atomic mass is 32.2. The fourth-order valence-corrected chi connectivity index (χ4v) is 4.60. The first-order valence-electron chi connectivity index (χ1n) is 7.43. The Morgan fingerprint density at radius 3 is 2.94 bits per heavy atom. The molecule has 0 aromatic heterocycles. The van der Waals surface area contributed by atoms with Gasteiger partial charge in [0.25, 0.3) is 0 Å². The van der Waals surface area contributed by atoms with Crippen molar-refractivity contribution in [2.75, 3.05) is 31.3 Å². The van der Waals surface area contributed by atoms with Gasteiger partial charge in [0, 0.05) is 19.1 Å². The normalized spacial score (nSPS) is 36.0. The van der Waals surface area contributed by atoms with Gasteiger partial charge in [-0.3, -0.25) is 0 Å². The highest BCUT2D eigenvalue weighted by Crippen LogP contribution is 2.38. The number of nitrogens with one attached hydrogen (secondary N) is 1. The Labute approximate surface area is 114 Å². The topological polar surface area (TPSA) is 30.5 Å². The van der Waals surface area contributed by atoms with Crippen LogP contribution in [0.1, 0.15) is 38.5 Å². The maximum Gasteiger partial charge on any atom is 0.0723 e. The maximum atomic E-state index is 6.15. The summed E-state index contributed by atoms with van der Waals surface area (Å²) in [5, 5.41) is 3.51. The molecule has 18 heavy (non-hydrogen) atoms. The molecule has 3 fully saturated rings. The smallest absolute Gasteiger partial charge is 0.0723 e. The molecule has 0 saturated carbocycles. The maximum absolute atomic E-state index is 6.15. The first kappa shape index (κ1) is 13.2. The van der Waals surface area contributed by atoms with Crippen LogP contribution in [-0.4, -0.2) is 49.0 Å². The van der Waals surface area contributed by atoms with Crippen molar-refractivity contribution in [3.8, 4) is 0 Å². The van der Waals surface area contributed by atoms with Crippen LogP contribution in [0.25, 0.3) is 0 Å². The molecule has 0 aliphatic carbocycles. The highest BCUT2D eigenvalue weighted by molar-refractivity contribution is 7.99. The lowest BCUT2D eigenvalue weighted by Gasteiger charge is -2.43. The van der Waals surface area contributed by atoms with Crippen molar-refractivity contribution < 1.29 is 9.47 Å². The summed E-state index contributed by atoms with van der Waals surface area (Å²) < 4.78 is 12.2. The minimum atomic E-state index is 0.164. The fourth-order valence-electron chi connectivity index (χ4n) is 3.37. The fraction of sp³-hybridized carbons (Fsp3) is 1.00. The van der Waals surface area contributed by atoms with Crippen LogP contribution in [0.4, 0.5) is 0 Å². The molecule has 0 amide bonds. The molecule has 3 heterocycles. The second kappa shape index (κ2) is 6.12. The molecule has 3 aliphatic heterocycles. The van der Waals surface area contributed by atoms with Crippen molar-refractivity contribution in [1.29, 1.82) is 0 Å². The van der Waals surface area contributed by atoms with Crippen LogP contribution in [-0.2, 0) is 9.47 Å². The van der Waals surface area contributed by atoms with Gasteiger partial charge in [-0.1, -0.05) is 0 Å². The minimum Gasteiger partial charge on any atom is -0.376 e. The second-order valence-electron chi connectivity index (χ2n) is 5.89. The first-order chi connectivity index (χ1) is 8.86. The molecule has 0 aromatic rings. The molecule has 3 rings (SSSR count). The van der Waals surface area contributed by atoms with Crippen molar-refractivity contribution in [3.05, 3.63) is 0 Å². The number of rotatable bonds is 3. The molecule has 1 spiro atoms. The van der Waals surface area contributed by atoms with E-state index in [2.05, 4.69) is 17.1 Å². The van der Waals surface area contributed by atoms with Gasteiger partial charge in [0.2, 0.25) is 0 Å². The Morgan fingerprint density at radius 1 is 1.28 bits per heavy atom. The third-order valence-electron chi connectivity index (χ3n) is 4.55. The van der Waals surface area contributed by atoms with E-state index in [1.807, 2.05) is 0 Å². The van der Waals surface area contributed by atoms with Gasteiger partial charge in [0.15, 0.2) is 0 Å². The molecule has 104 valence electrons. The van der Waals surface area contributed by atoms with E-state index in [9.17, 15) is 0 Å². The average molecular weight is 271 g/mol. The Bertz CT molecular complexity index is 257. The standard InChI is InChI=1S/C14H25NO2S/c1-2-12(15-6-1)11-16-13-3-7-17-14(10-13)4-8-18-9-5-14/h12-13,15H,1-11H2. The van der Waals surface area contributed by atoms with E-state index in [1.54, 1.807) is 0 Å². The molecule has 0 radical (unpaired) electrons. The van der Waals surface area contributed by atoms with E-state index < -0.39 is 0 Å². The summed E-state index contributed by atoms with van der Waals surface area (Å²) in [6, 6.07) is 0.603. The Kier molecular flexibility index (Phi) is 4.50. The van der Waals surface area contributed by atoms with E-state index in [1.165, 1.54) is 43.7 Å². The number of hydrogen-bond donors (Lipinski definition) is 1. The van der Waals surface area contributed by atoms with E-state index >= 15 is 0 Å². The lowest BCUT2D eigenvalue weighted by molar-refractivity contribution is -0.138. The molecule has 0 aromatic carbocycles. The number of ether oxygens (including phenoxy) is 2. The Balaban J connectivity index is 1.47. The van der Waals surface area contributed by atoms with Crippen molar-refractivity contribution >= 4 is 11.8 Å². The zero-order chi connectivity index (χ0) is 12.3. The van der Waals surface area contributed by atoms with Gasteiger partial charge in [-0.15, -0.1) is 0 Å². The summed E-state index contributed by atoms with van der Waals surface area (Å²) in [5.74, 6) is 2.52. The molecule has 3 nitrogen and oxygen atoms in total. The largest absolute Gasteiger partial charge is 0.376 e. The lowest BCUT2D eigenvalue weighted by atomic mass is 9.86. The van der Waals surface area contributed by atoms with Crippen molar-refractivity contribution in [1.82, 2.24) is 5.32 Å². The van der Waals surface area contributed by atoms with Gasteiger partial charge < -0.3 is 14.8 Å². The van der Waals surface area contributed by atoms with Crippen molar-refractivity contribution in [2.24, 2.45) is 0 Å². The highest BCUT2D eigenvalue weighted by Gasteiger charge is 2.39. The zero-order valence-corrected chi connectivity index (χ0v) is 12.0. The Morgan fingerprint density at radius 2 is 2.17 bits per heavy atom. The minimum absolute atomic E-state index is 0.164.